The van der Waals surface area contributed by atoms with Gasteiger partial charge in [0.15, 0.2) is 0 Å². The van der Waals surface area contributed by atoms with E-state index >= 15 is 0 Å². The molecule has 0 bridgehead atoms. The third kappa shape index (κ3) is 10.1. The van der Waals surface area contributed by atoms with E-state index in [2.05, 4.69) is 23.3 Å². The van der Waals surface area contributed by atoms with Gasteiger partial charge in [0.25, 0.3) is 0 Å². The highest BCUT2D eigenvalue weighted by molar-refractivity contribution is 7.99. The zero-order valence-electron chi connectivity index (χ0n) is 8.97. The molecular formula is C9H20N2OS2. The van der Waals surface area contributed by atoms with E-state index in [1.165, 1.54) is 36.7 Å². The Morgan fingerprint density at radius 3 is 1.79 bits per heavy atom. The van der Waals surface area contributed by atoms with Gasteiger partial charge in [-0.15, -0.1) is 0 Å². The monoisotopic (exact) mass is 236 g/mol. The first-order chi connectivity index (χ1) is 6.81. The van der Waals surface area contributed by atoms with Gasteiger partial charge in [-0.1, -0.05) is 26.7 Å². The highest BCUT2D eigenvalue weighted by atomic mass is 32.2. The van der Waals surface area contributed by atoms with Crippen molar-refractivity contribution >= 4 is 29.9 Å². The minimum atomic E-state index is -0.0905. The molecule has 0 aliphatic heterocycles. The van der Waals surface area contributed by atoms with Gasteiger partial charge in [0.2, 0.25) is 0 Å². The number of carbonyl (C=O) groups is 1. The van der Waals surface area contributed by atoms with Crippen LogP contribution in [-0.4, -0.2) is 17.5 Å². The fraction of sp³-hybridized carbons (Fsp3) is 0.889. The van der Waals surface area contributed by atoms with Crippen molar-refractivity contribution in [3.05, 3.63) is 0 Å². The van der Waals surface area contributed by atoms with E-state index in [1.54, 1.807) is 0 Å². The van der Waals surface area contributed by atoms with E-state index in [4.69, 9.17) is 0 Å². The van der Waals surface area contributed by atoms with Crippen molar-refractivity contribution in [2.75, 3.05) is 11.5 Å². The minimum absolute atomic E-state index is 0.0905. The van der Waals surface area contributed by atoms with Gasteiger partial charge < -0.3 is 0 Å². The summed E-state index contributed by atoms with van der Waals surface area (Å²) >= 11 is 2.95. The number of hydrogen-bond donors (Lipinski definition) is 2. The zero-order chi connectivity index (χ0) is 10.6. The lowest BCUT2D eigenvalue weighted by Gasteiger charge is -2.04. The van der Waals surface area contributed by atoms with Crippen LogP contribution in [0.25, 0.3) is 0 Å². The molecule has 0 aliphatic rings. The summed E-state index contributed by atoms with van der Waals surface area (Å²) in [7, 11) is 0. The molecule has 14 heavy (non-hydrogen) atoms. The maximum atomic E-state index is 11.1. The van der Waals surface area contributed by atoms with E-state index < -0.39 is 0 Å². The summed E-state index contributed by atoms with van der Waals surface area (Å²) in [4.78, 5) is 11.1. The maximum Gasteiger partial charge on any atom is 0.334 e. The molecule has 0 saturated carbocycles. The van der Waals surface area contributed by atoms with Crippen LogP contribution in [0.15, 0.2) is 0 Å². The topological polar surface area (TPSA) is 41.1 Å². The summed E-state index contributed by atoms with van der Waals surface area (Å²) in [5.74, 6) is 1.98. The number of hydrogen-bond acceptors (Lipinski definition) is 3. The van der Waals surface area contributed by atoms with Gasteiger partial charge in [-0.05, 0) is 36.7 Å². The first kappa shape index (κ1) is 14.0. The SMILES string of the molecule is CCCCSNC(=O)NSCCCC. The van der Waals surface area contributed by atoms with E-state index in [1.807, 2.05) is 0 Å². The van der Waals surface area contributed by atoms with Gasteiger partial charge in [0.1, 0.15) is 0 Å². The van der Waals surface area contributed by atoms with Gasteiger partial charge in [-0.2, -0.15) is 0 Å². The quantitative estimate of drug-likeness (QED) is 0.502. The Labute approximate surface area is 95.4 Å². The van der Waals surface area contributed by atoms with Gasteiger partial charge in [0.05, 0.1) is 0 Å². The number of nitrogens with one attached hydrogen (secondary N) is 2. The molecule has 0 radical (unpaired) electrons. The van der Waals surface area contributed by atoms with Gasteiger partial charge >= 0.3 is 6.03 Å². The molecule has 0 saturated heterocycles. The van der Waals surface area contributed by atoms with Crippen molar-refractivity contribution in [1.29, 1.82) is 0 Å². The van der Waals surface area contributed by atoms with Crippen LogP contribution in [0.2, 0.25) is 0 Å². The average Bonchev–Trinajstić information content (AvgIpc) is 2.19. The van der Waals surface area contributed by atoms with Crippen LogP contribution >= 0.6 is 23.9 Å². The third-order valence-electron chi connectivity index (χ3n) is 1.53. The van der Waals surface area contributed by atoms with Crippen LogP contribution in [-0.2, 0) is 0 Å². The molecule has 0 atom stereocenters. The van der Waals surface area contributed by atoms with E-state index in [0.29, 0.717) is 0 Å². The van der Waals surface area contributed by atoms with Crippen molar-refractivity contribution in [2.45, 2.75) is 39.5 Å². The second kappa shape index (κ2) is 11.0. The van der Waals surface area contributed by atoms with Crippen LogP contribution in [0.4, 0.5) is 4.79 Å². The van der Waals surface area contributed by atoms with Crippen molar-refractivity contribution in [3.8, 4) is 0 Å². The Morgan fingerprint density at radius 2 is 1.43 bits per heavy atom. The normalized spacial score (nSPS) is 9.86. The summed E-state index contributed by atoms with van der Waals surface area (Å²) in [5.41, 5.74) is 0. The summed E-state index contributed by atoms with van der Waals surface area (Å²) < 4.78 is 5.48. The number of amides is 2. The lowest BCUT2D eigenvalue weighted by atomic mass is 10.4. The fourth-order valence-electron chi connectivity index (χ4n) is 0.687. The van der Waals surface area contributed by atoms with Crippen molar-refractivity contribution in [2.24, 2.45) is 0 Å². The lowest BCUT2D eigenvalue weighted by Crippen LogP contribution is -2.26. The van der Waals surface area contributed by atoms with Crippen molar-refractivity contribution in [1.82, 2.24) is 9.44 Å². The van der Waals surface area contributed by atoms with Crippen LogP contribution < -0.4 is 9.44 Å². The molecule has 0 aromatic carbocycles. The first-order valence-electron chi connectivity index (χ1n) is 5.10. The molecule has 84 valence electrons. The van der Waals surface area contributed by atoms with Crippen LogP contribution in [0.5, 0.6) is 0 Å². The second-order valence-corrected chi connectivity index (χ2v) is 4.74. The maximum absolute atomic E-state index is 11.1. The molecule has 2 N–H and O–H groups in total. The summed E-state index contributed by atoms with van der Waals surface area (Å²) in [5, 5.41) is 0. The average molecular weight is 236 g/mol. The summed E-state index contributed by atoms with van der Waals surface area (Å²) in [6.07, 6.45) is 4.63. The van der Waals surface area contributed by atoms with Crippen LogP contribution in [0.3, 0.4) is 0 Å². The largest absolute Gasteiger partial charge is 0.334 e. The number of unbranched alkanes of at least 4 members (excludes halogenated alkanes) is 2. The molecule has 0 aliphatic carbocycles. The molecule has 5 heteroatoms. The zero-order valence-corrected chi connectivity index (χ0v) is 10.6. The van der Waals surface area contributed by atoms with Crippen LogP contribution in [0, 0.1) is 0 Å². The molecule has 0 heterocycles. The molecule has 3 nitrogen and oxygen atoms in total. The molecule has 0 rings (SSSR count). The fourth-order valence-corrected chi connectivity index (χ4v) is 2.19. The van der Waals surface area contributed by atoms with Gasteiger partial charge in [0, 0.05) is 11.5 Å². The third-order valence-corrected chi connectivity index (χ3v) is 3.17. The standard InChI is InChI=1S/C9H20N2OS2/c1-3-5-7-13-10-9(12)11-14-8-6-4-2/h3-8H2,1-2H3,(H2,10,11,12). The van der Waals surface area contributed by atoms with Crippen molar-refractivity contribution in [3.63, 3.8) is 0 Å². The minimum Gasteiger partial charge on any atom is -0.281 e. The molecule has 0 aromatic heterocycles. The number of rotatable bonds is 8. The molecular weight excluding hydrogens is 216 g/mol. The van der Waals surface area contributed by atoms with E-state index in [9.17, 15) is 4.79 Å². The molecule has 0 fully saturated rings. The highest BCUT2D eigenvalue weighted by Gasteiger charge is 1.98. The molecule has 2 amide bonds. The second-order valence-electron chi connectivity index (χ2n) is 2.94. The van der Waals surface area contributed by atoms with E-state index in [-0.39, 0.29) is 6.03 Å². The Kier molecular flexibility index (Phi) is 11.0. The van der Waals surface area contributed by atoms with Gasteiger partial charge in [-0.3, -0.25) is 9.44 Å². The Bertz CT molecular complexity index is 131. The highest BCUT2D eigenvalue weighted by Crippen LogP contribution is 2.01. The number of carbonyl (C=O) groups excluding carboxylic acids is 1. The smallest absolute Gasteiger partial charge is 0.281 e. The molecule has 0 spiro atoms. The predicted molar refractivity (Wildman–Crippen MR) is 66.4 cm³/mol. The summed E-state index contributed by atoms with van der Waals surface area (Å²) in [6.45, 7) is 4.28. The van der Waals surface area contributed by atoms with Gasteiger partial charge in [-0.25, -0.2) is 4.79 Å². The number of urea groups is 1. The Hall–Kier alpha value is -0.0300. The molecule has 0 aromatic rings. The van der Waals surface area contributed by atoms with Crippen molar-refractivity contribution < 1.29 is 4.79 Å². The van der Waals surface area contributed by atoms with E-state index in [0.717, 1.165) is 24.3 Å². The molecule has 0 unspecified atom stereocenters. The Balaban J connectivity index is 3.11. The summed E-state index contributed by atoms with van der Waals surface area (Å²) in [6, 6.07) is -0.0905. The van der Waals surface area contributed by atoms with Crippen LogP contribution in [0.1, 0.15) is 39.5 Å². The Morgan fingerprint density at radius 1 is 1.00 bits per heavy atom. The predicted octanol–water partition coefficient (Wildman–Crippen LogP) is 3.18. The first-order valence-corrected chi connectivity index (χ1v) is 7.08. The lowest BCUT2D eigenvalue weighted by molar-refractivity contribution is 0.252.